The number of anilines is 2. The van der Waals surface area contributed by atoms with E-state index in [0.717, 1.165) is 33.0 Å². The largest absolute Gasteiger partial charge is 0.471 e. The lowest BCUT2D eigenvalue weighted by Crippen LogP contribution is -2.50. The number of nitrogens with one attached hydrogen (secondary N) is 1. The fraction of sp³-hybridized carbons (Fsp3) is 0.0800. The molecule has 4 aromatic rings. The summed E-state index contributed by atoms with van der Waals surface area (Å²) in [5, 5.41) is 20.2. The zero-order valence-corrected chi connectivity index (χ0v) is 17.8. The van der Waals surface area contributed by atoms with E-state index in [-0.39, 0.29) is 12.5 Å². The highest BCUT2D eigenvalue weighted by Crippen LogP contribution is 2.23. The molecule has 4 N–H and O–H groups in total. The van der Waals surface area contributed by atoms with Gasteiger partial charge in [0.2, 0.25) is 5.91 Å². The molecule has 3 aromatic carbocycles. The third kappa shape index (κ3) is 4.09. The van der Waals surface area contributed by atoms with Gasteiger partial charge >= 0.3 is 7.05 Å². The second-order valence-electron chi connectivity index (χ2n) is 7.90. The van der Waals surface area contributed by atoms with E-state index in [4.69, 9.17) is 5.73 Å². The molecule has 1 aliphatic rings. The molecule has 1 atom stereocenters. The standard InChI is InChI=1S/C25H22BN5O2/c27-14-23(25(32)30-21-8-6-19-15-28-11-10-17(19)13-21)18-7-9-24-20(12-18)16-29-31(26(24)33)22-4-2-1-3-5-22/h1-13,15-16,23,33H,14,27H2,(H,30,32). The molecule has 1 aliphatic heterocycles. The zero-order chi connectivity index (χ0) is 22.8. The SMILES string of the molecule is NCC(C(=O)Nc1ccc2cnccc2c1)c1ccc2c(c1)C=NN(c1ccccc1)B2O. The van der Waals surface area contributed by atoms with Crippen molar-refractivity contribution in [3.8, 4) is 0 Å². The monoisotopic (exact) mass is 435 g/mol. The molecule has 0 spiro atoms. The van der Waals surface area contributed by atoms with Crippen molar-refractivity contribution in [1.82, 2.24) is 4.98 Å². The maximum absolute atomic E-state index is 13.1. The Bertz CT molecular complexity index is 1350. The molecule has 0 saturated heterocycles. The molecule has 8 heteroatoms. The van der Waals surface area contributed by atoms with E-state index in [1.165, 1.54) is 0 Å². The van der Waals surface area contributed by atoms with Crippen LogP contribution in [0.25, 0.3) is 10.8 Å². The van der Waals surface area contributed by atoms with Crippen LogP contribution in [0.1, 0.15) is 17.0 Å². The van der Waals surface area contributed by atoms with Crippen LogP contribution in [-0.2, 0) is 4.79 Å². The van der Waals surface area contributed by atoms with Gasteiger partial charge in [-0.1, -0.05) is 36.4 Å². The summed E-state index contributed by atoms with van der Waals surface area (Å²) in [5.41, 5.74) is 9.73. The number of carbonyl (C=O) groups is 1. The number of hydrogen-bond donors (Lipinski definition) is 3. The van der Waals surface area contributed by atoms with Gasteiger partial charge in [-0.2, -0.15) is 5.10 Å². The van der Waals surface area contributed by atoms with Crippen LogP contribution < -0.4 is 21.4 Å². The van der Waals surface area contributed by atoms with Gasteiger partial charge in [0.05, 0.1) is 12.1 Å². The number of benzene rings is 3. The van der Waals surface area contributed by atoms with E-state index < -0.39 is 13.0 Å². The normalized spacial score (nSPS) is 13.6. The van der Waals surface area contributed by atoms with Crippen molar-refractivity contribution in [2.45, 2.75) is 5.92 Å². The smallest absolute Gasteiger partial charge is 0.427 e. The van der Waals surface area contributed by atoms with Gasteiger partial charge < -0.3 is 16.1 Å². The summed E-state index contributed by atoms with van der Waals surface area (Å²) in [7, 11) is -0.918. The molecule has 7 nitrogen and oxygen atoms in total. The Morgan fingerprint density at radius 2 is 1.91 bits per heavy atom. The molecular weight excluding hydrogens is 413 g/mol. The summed E-state index contributed by atoms with van der Waals surface area (Å²) in [6.07, 6.45) is 5.20. The highest BCUT2D eigenvalue weighted by molar-refractivity contribution is 6.71. The fourth-order valence-corrected chi connectivity index (χ4v) is 4.05. The van der Waals surface area contributed by atoms with Crippen LogP contribution in [0.2, 0.25) is 0 Å². The lowest BCUT2D eigenvalue weighted by Gasteiger charge is -2.27. The van der Waals surface area contributed by atoms with Crippen molar-refractivity contribution in [2.75, 3.05) is 16.8 Å². The highest BCUT2D eigenvalue weighted by Gasteiger charge is 2.31. The van der Waals surface area contributed by atoms with Crippen molar-refractivity contribution >= 4 is 46.8 Å². The van der Waals surface area contributed by atoms with Gasteiger partial charge in [-0.15, -0.1) is 0 Å². The van der Waals surface area contributed by atoms with E-state index >= 15 is 0 Å². The highest BCUT2D eigenvalue weighted by atomic mass is 16.2. The van der Waals surface area contributed by atoms with E-state index in [9.17, 15) is 9.82 Å². The quantitative estimate of drug-likeness (QED) is 0.418. The number of nitrogens with two attached hydrogens (primary N) is 1. The Morgan fingerprint density at radius 1 is 1.06 bits per heavy atom. The summed E-state index contributed by atoms with van der Waals surface area (Å²) in [6, 6.07) is 22.6. The van der Waals surface area contributed by atoms with Crippen molar-refractivity contribution in [3.63, 3.8) is 0 Å². The zero-order valence-electron chi connectivity index (χ0n) is 17.8. The van der Waals surface area contributed by atoms with Gasteiger partial charge in [0.15, 0.2) is 0 Å². The van der Waals surface area contributed by atoms with Crippen LogP contribution in [0, 0.1) is 0 Å². The Labute approximate surface area is 191 Å². The van der Waals surface area contributed by atoms with E-state index in [1.54, 1.807) is 23.5 Å². The van der Waals surface area contributed by atoms with Gasteiger partial charge in [0, 0.05) is 35.7 Å². The van der Waals surface area contributed by atoms with Crippen LogP contribution in [-0.4, -0.2) is 35.7 Å². The second kappa shape index (κ2) is 8.86. The summed E-state index contributed by atoms with van der Waals surface area (Å²) in [4.78, 5) is 18.7. The van der Waals surface area contributed by atoms with Gasteiger partial charge in [-0.25, -0.2) is 0 Å². The number of rotatable bonds is 5. The molecular formula is C25H22BN5O2. The molecule has 5 rings (SSSR count). The molecule has 0 fully saturated rings. The van der Waals surface area contributed by atoms with Gasteiger partial charge in [0.25, 0.3) is 0 Å². The summed E-state index contributed by atoms with van der Waals surface area (Å²) >= 11 is 0. The average Bonchev–Trinajstić information content (AvgIpc) is 2.85. The van der Waals surface area contributed by atoms with Crippen LogP contribution in [0.5, 0.6) is 0 Å². The third-order valence-electron chi connectivity index (χ3n) is 5.83. The van der Waals surface area contributed by atoms with Crippen LogP contribution in [0.3, 0.4) is 0 Å². The molecule has 33 heavy (non-hydrogen) atoms. The summed E-state index contributed by atoms with van der Waals surface area (Å²) < 4.78 is 0. The first-order valence-corrected chi connectivity index (χ1v) is 10.7. The van der Waals surface area contributed by atoms with Gasteiger partial charge in [0.1, 0.15) is 0 Å². The number of carbonyl (C=O) groups excluding carboxylic acids is 1. The first kappa shape index (κ1) is 20.9. The maximum Gasteiger partial charge on any atom is 0.471 e. The molecule has 0 saturated carbocycles. The topological polar surface area (TPSA) is 104 Å². The molecule has 162 valence electrons. The van der Waals surface area contributed by atoms with E-state index in [2.05, 4.69) is 15.4 Å². The van der Waals surface area contributed by atoms with Gasteiger partial charge in [-0.05, 0) is 58.4 Å². The minimum Gasteiger partial charge on any atom is -0.427 e. The third-order valence-corrected chi connectivity index (χ3v) is 5.83. The minimum absolute atomic E-state index is 0.151. The van der Waals surface area contributed by atoms with Crippen molar-refractivity contribution in [1.29, 1.82) is 0 Å². The summed E-state index contributed by atoms with van der Waals surface area (Å²) in [6.45, 7) is 0.151. The number of fused-ring (bicyclic) bond motifs is 2. The Kier molecular flexibility index (Phi) is 5.60. The predicted molar refractivity (Wildman–Crippen MR) is 133 cm³/mol. The molecule has 0 bridgehead atoms. The number of pyridine rings is 1. The summed E-state index contributed by atoms with van der Waals surface area (Å²) in [5.74, 6) is -0.730. The Balaban J connectivity index is 1.38. The predicted octanol–water partition coefficient (Wildman–Crippen LogP) is 2.46. The lowest BCUT2D eigenvalue weighted by molar-refractivity contribution is -0.117. The molecule has 1 amide bonds. The van der Waals surface area contributed by atoms with Gasteiger partial charge in [-0.3, -0.25) is 14.7 Å². The average molecular weight is 435 g/mol. The first-order valence-electron chi connectivity index (χ1n) is 10.7. The Morgan fingerprint density at radius 3 is 2.73 bits per heavy atom. The molecule has 1 aromatic heterocycles. The van der Waals surface area contributed by atoms with Crippen molar-refractivity contribution in [2.24, 2.45) is 10.8 Å². The van der Waals surface area contributed by atoms with Crippen molar-refractivity contribution in [3.05, 3.63) is 96.3 Å². The molecule has 2 heterocycles. The minimum atomic E-state index is -0.918. The number of hydrogen-bond acceptors (Lipinski definition) is 6. The molecule has 0 aliphatic carbocycles. The number of amides is 1. The number of hydrazone groups is 1. The second-order valence-corrected chi connectivity index (χ2v) is 7.90. The first-order chi connectivity index (χ1) is 16.1. The Hall–Kier alpha value is -4.01. The van der Waals surface area contributed by atoms with E-state index in [1.807, 2.05) is 72.8 Å². The van der Waals surface area contributed by atoms with Crippen LogP contribution >= 0.6 is 0 Å². The number of aromatic nitrogens is 1. The van der Waals surface area contributed by atoms with Crippen LogP contribution in [0.15, 0.2) is 90.3 Å². The lowest BCUT2D eigenvalue weighted by atomic mass is 9.69. The number of nitrogens with zero attached hydrogens (tertiary/aromatic N) is 3. The molecule has 1 unspecified atom stereocenters. The van der Waals surface area contributed by atoms with Crippen LogP contribution in [0.4, 0.5) is 11.4 Å². The van der Waals surface area contributed by atoms with Crippen molar-refractivity contribution < 1.29 is 9.82 Å². The maximum atomic E-state index is 13.1. The molecule has 0 radical (unpaired) electrons. The fourth-order valence-electron chi connectivity index (χ4n) is 4.05. The van der Waals surface area contributed by atoms with E-state index in [0.29, 0.717) is 5.69 Å². The number of para-hydroxylation sites is 1.